The highest BCUT2D eigenvalue weighted by atomic mass is 16.6. The van der Waals surface area contributed by atoms with E-state index < -0.39 is 5.60 Å². The SMILES string of the molecule is CC1CCC(C[C@H](N)CN(C)C(=O)OC(C)(C)C)CC1. The number of hydrogen-bond donors (Lipinski definition) is 1. The number of amides is 1. The molecule has 1 rings (SSSR count). The quantitative estimate of drug-likeness (QED) is 0.861. The maximum absolute atomic E-state index is 11.9. The molecule has 0 bridgehead atoms. The molecule has 20 heavy (non-hydrogen) atoms. The molecular formula is C16H32N2O2. The number of hydrogen-bond acceptors (Lipinski definition) is 3. The number of ether oxygens (including phenoxy) is 1. The van der Waals surface area contributed by atoms with Gasteiger partial charge in [-0.25, -0.2) is 4.79 Å². The fourth-order valence-electron chi connectivity index (χ4n) is 2.83. The highest BCUT2D eigenvalue weighted by Gasteiger charge is 2.24. The summed E-state index contributed by atoms with van der Waals surface area (Å²) in [5, 5.41) is 0. The first kappa shape index (κ1) is 17.3. The Bertz CT molecular complexity index is 304. The maximum Gasteiger partial charge on any atom is 0.410 e. The van der Waals surface area contributed by atoms with Crippen LogP contribution in [0.5, 0.6) is 0 Å². The van der Waals surface area contributed by atoms with E-state index in [1.165, 1.54) is 25.7 Å². The molecule has 0 radical (unpaired) electrons. The molecule has 0 spiro atoms. The largest absolute Gasteiger partial charge is 0.444 e. The summed E-state index contributed by atoms with van der Waals surface area (Å²) in [4.78, 5) is 13.5. The number of nitrogens with zero attached hydrogens (tertiary/aromatic N) is 1. The summed E-state index contributed by atoms with van der Waals surface area (Å²) in [6.07, 6.45) is 5.93. The van der Waals surface area contributed by atoms with Gasteiger partial charge in [0.1, 0.15) is 5.60 Å². The molecule has 0 saturated heterocycles. The van der Waals surface area contributed by atoms with Crippen LogP contribution < -0.4 is 5.73 Å². The average Bonchev–Trinajstić information content (AvgIpc) is 2.29. The molecule has 4 nitrogen and oxygen atoms in total. The van der Waals surface area contributed by atoms with Gasteiger partial charge in [0, 0.05) is 19.6 Å². The molecule has 1 aliphatic rings. The number of nitrogens with two attached hydrogens (primary N) is 1. The number of carbonyl (C=O) groups excluding carboxylic acids is 1. The monoisotopic (exact) mass is 284 g/mol. The minimum atomic E-state index is -0.449. The second-order valence-corrected chi connectivity index (χ2v) is 7.48. The van der Waals surface area contributed by atoms with E-state index in [1.807, 2.05) is 20.8 Å². The molecule has 118 valence electrons. The topological polar surface area (TPSA) is 55.6 Å². The molecule has 1 amide bonds. The van der Waals surface area contributed by atoms with Crippen molar-refractivity contribution in [1.82, 2.24) is 4.90 Å². The van der Waals surface area contributed by atoms with Crippen LogP contribution in [-0.4, -0.2) is 36.2 Å². The first-order chi connectivity index (χ1) is 9.17. The lowest BCUT2D eigenvalue weighted by Crippen LogP contribution is -2.42. The zero-order valence-electron chi connectivity index (χ0n) is 13.8. The van der Waals surface area contributed by atoms with Gasteiger partial charge >= 0.3 is 6.09 Å². The molecule has 0 aromatic heterocycles. The molecule has 1 atom stereocenters. The molecule has 0 aromatic rings. The van der Waals surface area contributed by atoms with Gasteiger partial charge in [-0.05, 0) is 39.0 Å². The Kier molecular flexibility index (Phi) is 6.31. The second-order valence-electron chi connectivity index (χ2n) is 7.48. The van der Waals surface area contributed by atoms with Gasteiger partial charge in [-0.15, -0.1) is 0 Å². The molecule has 4 heteroatoms. The van der Waals surface area contributed by atoms with Gasteiger partial charge in [0.25, 0.3) is 0 Å². The van der Waals surface area contributed by atoms with Crippen molar-refractivity contribution >= 4 is 6.09 Å². The first-order valence-corrected chi connectivity index (χ1v) is 7.87. The highest BCUT2D eigenvalue weighted by molar-refractivity contribution is 5.67. The van der Waals surface area contributed by atoms with Crippen molar-refractivity contribution in [3.63, 3.8) is 0 Å². The lowest BCUT2D eigenvalue weighted by atomic mass is 9.80. The van der Waals surface area contributed by atoms with Crippen LogP contribution >= 0.6 is 0 Å². The summed E-state index contributed by atoms with van der Waals surface area (Å²) < 4.78 is 5.34. The normalized spacial score (nSPS) is 25.1. The third-order valence-electron chi connectivity index (χ3n) is 3.99. The van der Waals surface area contributed by atoms with Crippen molar-refractivity contribution < 1.29 is 9.53 Å². The minimum Gasteiger partial charge on any atom is -0.444 e. The van der Waals surface area contributed by atoms with Crippen LogP contribution in [0.25, 0.3) is 0 Å². The van der Waals surface area contributed by atoms with Crippen molar-refractivity contribution in [2.24, 2.45) is 17.6 Å². The number of likely N-dealkylation sites (N-methyl/N-ethyl adjacent to an activating group) is 1. The third-order valence-corrected chi connectivity index (χ3v) is 3.99. The predicted octanol–water partition coefficient (Wildman–Crippen LogP) is 3.40. The molecular weight excluding hydrogens is 252 g/mol. The Balaban J connectivity index is 2.30. The molecule has 1 fully saturated rings. The highest BCUT2D eigenvalue weighted by Crippen LogP contribution is 2.30. The van der Waals surface area contributed by atoms with Crippen LogP contribution in [0.4, 0.5) is 4.79 Å². The summed E-state index contributed by atoms with van der Waals surface area (Å²) in [6.45, 7) is 8.53. The van der Waals surface area contributed by atoms with E-state index in [-0.39, 0.29) is 12.1 Å². The Morgan fingerprint density at radius 3 is 2.35 bits per heavy atom. The minimum absolute atomic E-state index is 0.0472. The lowest BCUT2D eigenvalue weighted by Gasteiger charge is -2.30. The van der Waals surface area contributed by atoms with Gasteiger partial charge in [-0.2, -0.15) is 0 Å². The molecule has 0 aromatic carbocycles. The summed E-state index contributed by atoms with van der Waals surface area (Å²) in [5.74, 6) is 1.60. The van der Waals surface area contributed by atoms with Crippen LogP contribution in [0.2, 0.25) is 0 Å². The van der Waals surface area contributed by atoms with Crippen molar-refractivity contribution in [3.8, 4) is 0 Å². The Hall–Kier alpha value is -0.770. The Labute approximate surface area is 124 Å². The summed E-state index contributed by atoms with van der Waals surface area (Å²) in [6, 6.07) is 0.0472. The fourth-order valence-corrected chi connectivity index (χ4v) is 2.83. The molecule has 1 aliphatic carbocycles. The van der Waals surface area contributed by atoms with Crippen LogP contribution in [-0.2, 0) is 4.74 Å². The van der Waals surface area contributed by atoms with Gasteiger partial charge < -0.3 is 15.4 Å². The van der Waals surface area contributed by atoms with Crippen LogP contribution in [0.1, 0.15) is 59.8 Å². The Morgan fingerprint density at radius 1 is 1.30 bits per heavy atom. The Morgan fingerprint density at radius 2 is 1.85 bits per heavy atom. The third kappa shape index (κ3) is 6.60. The number of carbonyl (C=O) groups is 1. The fraction of sp³-hybridized carbons (Fsp3) is 0.938. The predicted molar refractivity (Wildman–Crippen MR) is 82.6 cm³/mol. The van der Waals surface area contributed by atoms with Gasteiger partial charge in [-0.1, -0.05) is 32.6 Å². The second kappa shape index (κ2) is 7.30. The molecule has 2 N–H and O–H groups in total. The zero-order chi connectivity index (χ0) is 15.3. The van der Waals surface area contributed by atoms with Crippen molar-refractivity contribution in [1.29, 1.82) is 0 Å². The summed E-state index contributed by atoms with van der Waals surface area (Å²) >= 11 is 0. The summed E-state index contributed by atoms with van der Waals surface area (Å²) in [5.41, 5.74) is 5.74. The van der Waals surface area contributed by atoms with E-state index in [9.17, 15) is 4.79 Å². The van der Waals surface area contributed by atoms with E-state index in [0.29, 0.717) is 6.54 Å². The molecule has 0 aliphatic heterocycles. The van der Waals surface area contributed by atoms with Crippen molar-refractivity contribution in [3.05, 3.63) is 0 Å². The van der Waals surface area contributed by atoms with Crippen molar-refractivity contribution in [2.45, 2.75) is 71.4 Å². The number of rotatable bonds is 4. The maximum atomic E-state index is 11.9. The molecule has 1 saturated carbocycles. The van der Waals surface area contributed by atoms with E-state index >= 15 is 0 Å². The van der Waals surface area contributed by atoms with E-state index in [4.69, 9.17) is 10.5 Å². The van der Waals surface area contributed by atoms with E-state index in [0.717, 1.165) is 18.3 Å². The summed E-state index contributed by atoms with van der Waals surface area (Å²) in [7, 11) is 1.76. The van der Waals surface area contributed by atoms with Gasteiger partial charge in [0.15, 0.2) is 0 Å². The van der Waals surface area contributed by atoms with Gasteiger partial charge in [0.05, 0.1) is 0 Å². The van der Waals surface area contributed by atoms with Crippen LogP contribution in [0, 0.1) is 11.8 Å². The van der Waals surface area contributed by atoms with E-state index in [1.54, 1.807) is 11.9 Å². The van der Waals surface area contributed by atoms with Crippen LogP contribution in [0.3, 0.4) is 0 Å². The van der Waals surface area contributed by atoms with Crippen LogP contribution in [0.15, 0.2) is 0 Å². The van der Waals surface area contributed by atoms with Crippen molar-refractivity contribution in [2.75, 3.05) is 13.6 Å². The first-order valence-electron chi connectivity index (χ1n) is 7.87. The zero-order valence-corrected chi connectivity index (χ0v) is 13.8. The average molecular weight is 284 g/mol. The van der Waals surface area contributed by atoms with E-state index in [2.05, 4.69) is 6.92 Å². The van der Waals surface area contributed by atoms with Gasteiger partial charge in [0.2, 0.25) is 0 Å². The smallest absolute Gasteiger partial charge is 0.410 e. The molecule has 0 heterocycles. The lowest BCUT2D eigenvalue weighted by molar-refractivity contribution is 0.0284. The standard InChI is InChI=1S/C16H32N2O2/c1-12-6-8-13(9-7-12)10-14(17)11-18(5)15(19)20-16(2,3)4/h12-14H,6-11,17H2,1-5H3/t12?,13?,14-/m0/s1. The van der Waals surface area contributed by atoms with Gasteiger partial charge in [-0.3, -0.25) is 0 Å². The molecule has 0 unspecified atom stereocenters.